The van der Waals surface area contributed by atoms with E-state index in [0.29, 0.717) is 22.3 Å². The van der Waals surface area contributed by atoms with E-state index in [4.69, 9.17) is 27.9 Å². The van der Waals surface area contributed by atoms with E-state index in [1.807, 2.05) is 0 Å². The molecule has 2 heterocycles. The Morgan fingerprint density at radius 2 is 2.04 bits per heavy atom. The van der Waals surface area contributed by atoms with Crippen LogP contribution in [0.1, 0.15) is 10.5 Å². The first-order chi connectivity index (χ1) is 12.6. The van der Waals surface area contributed by atoms with Gasteiger partial charge in [-0.05, 0) is 24.3 Å². The molecule has 0 bridgehead atoms. The molecule has 9 heteroatoms. The maximum absolute atomic E-state index is 12.3. The molecule has 0 atom stereocenters. The summed E-state index contributed by atoms with van der Waals surface area (Å²) in [7, 11) is 0. The molecule has 138 valence electrons. The summed E-state index contributed by atoms with van der Waals surface area (Å²) in [4.78, 5) is 22.9. The van der Waals surface area contributed by atoms with E-state index in [2.05, 4.69) is 25.5 Å². The summed E-state index contributed by atoms with van der Waals surface area (Å²) < 4.78 is 5.30. The first-order valence-corrected chi connectivity index (χ1v) is 9.01. The van der Waals surface area contributed by atoms with Crippen molar-refractivity contribution < 1.29 is 9.53 Å². The zero-order chi connectivity index (χ0) is 18.4. The van der Waals surface area contributed by atoms with E-state index in [1.54, 1.807) is 24.3 Å². The number of morpholine rings is 1. The maximum atomic E-state index is 12.3. The van der Waals surface area contributed by atoms with E-state index in [-0.39, 0.29) is 17.5 Å². The Morgan fingerprint density at radius 1 is 1.23 bits per heavy atom. The summed E-state index contributed by atoms with van der Waals surface area (Å²) in [6, 6.07) is 6.62. The fraction of sp³-hybridized carbons (Fsp3) is 0.353. The highest BCUT2D eigenvalue weighted by Crippen LogP contribution is 2.27. The molecule has 0 aliphatic carbocycles. The van der Waals surface area contributed by atoms with Crippen molar-refractivity contribution >= 4 is 40.7 Å². The lowest BCUT2D eigenvalue weighted by molar-refractivity contribution is 0.0383. The van der Waals surface area contributed by atoms with Gasteiger partial charge in [0.25, 0.3) is 5.91 Å². The summed E-state index contributed by atoms with van der Waals surface area (Å²) in [5, 5.41) is 6.84. The van der Waals surface area contributed by atoms with Crippen molar-refractivity contribution in [3.05, 3.63) is 46.2 Å². The number of carbonyl (C=O) groups is 1. The number of anilines is 2. The number of halogens is 2. The SMILES string of the molecule is O=C(NCCN1CCOCC1)c1ccnc(Nc2ccc(Cl)cc2Cl)n1. The van der Waals surface area contributed by atoms with Gasteiger partial charge in [0.2, 0.25) is 5.95 Å². The van der Waals surface area contributed by atoms with E-state index >= 15 is 0 Å². The van der Waals surface area contributed by atoms with Crippen LogP contribution < -0.4 is 10.6 Å². The van der Waals surface area contributed by atoms with Crippen molar-refractivity contribution in [1.82, 2.24) is 20.2 Å². The van der Waals surface area contributed by atoms with E-state index in [9.17, 15) is 4.79 Å². The maximum Gasteiger partial charge on any atom is 0.270 e. The van der Waals surface area contributed by atoms with Gasteiger partial charge < -0.3 is 15.4 Å². The van der Waals surface area contributed by atoms with Gasteiger partial charge in [0, 0.05) is 37.4 Å². The summed E-state index contributed by atoms with van der Waals surface area (Å²) >= 11 is 12.0. The molecule has 0 unspecified atom stereocenters. The van der Waals surface area contributed by atoms with Crippen molar-refractivity contribution in [2.45, 2.75) is 0 Å². The van der Waals surface area contributed by atoms with Crippen LogP contribution in [0.25, 0.3) is 0 Å². The van der Waals surface area contributed by atoms with Gasteiger partial charge >= 0.3 is 0 Å². The largest absolute Gasteiger partial charge is 0.379 e. The van der Waals surface area contributed by atoms with Gasteiger partial charge in [0.15, 0.2) is 0 Å². The lowest BCUT2D eigenvalue weighted by atomic mass is 10.3. The second-order valence-corrected chi connectivity index (χ2v) is 6.57. The number of nitrogens with one attached hydrogen (secondary N) is 2. The van der Waals surface area contributed by atoms with Crippen LogP contribution in [-0.2, 0) is 4.74 Å². The van der Waals surface area contributed by atoms with E-state index in [1.165, 1.54) is 6.20 Å². The van der Waals surface area contributed by atoms with Gasteiger partial charge in [-0.25, -0.2) is 9.97 Å². The minimum atomic E-state index is -0.245. The molecule has 0 spiro atoms. The lowest BCUT2D eigenvalue weighted by Gasteiger charge is -2.26. The number of rotatable bonds is 6. The fourth-order valence-electron chi connectivity index (χ4n) is 2.50. The third-order valence-electron chi connectivity index (χ3n) is 3.88. The van der Waals surface area contributed by atoms with Gasteiger partial charge in [-0.1, -0.05) is 23.2 Å². The molecule has 7 nitrogen and oxygen atoms in total. The number of nitrogens with zero attached hydrogens (tertiary/aromatic N) is 3. The molecule has 2 N–H and O–H groups in total. The molecule has 1 saturated heterocycles. The number of hydrogen-bond donors (Lipinski definition) is 2. The molecular formula is C17H19Cl2N5O2. The van der Waals surface area contributed by atoms with Gasteiger partial charge in [-0.3, -0.25) is 9.69 Å². The van der Waals surface area contributed by atoms with Crippen molar-refractivity contribution in [2.75, 3.05) is 44.7 Å². The zero-order valence-corrected chi connectivity index (χ0v) is 15.6. The Kier molecular flexibility index (Phi) is 6.62. The number of ether oxygens (including phenoxy) is 1. The molecule has 1 aromatic carbocycles. The Labute approximate surface area is 161 Å². The minimum absolute atomic E-state index is 0.245. The number of carbonyl (C=O) groups excluding carboxylic acids is 1. The van der Waals surface area contributed by atoms with Crippen LogP contribution in [0.3, 0.4) is 0 Å². The first-order valence-electron chi connectivity index (χ1n) is 8.25. The van der Waals surface area contributed by atoms with Crippen molar-refractivity contribution in [3.63, 3.8) is 0 Å². The molecule has 1 aliphatic heterocycles. The highest BCUT2D eigenvalue weighted by molar-refractivity contribution is 6.36. The van der Waals surface area contributed by atoms with Crippen LogP contribution in [0.5, 0.6) is 0 Å². The minimum Gasteiger partial charge on any atom is -0.379 e. The Balaban J connectivity index is 1.56. The van der Waals surface area contributed by atoms with Gasteiger partial charge in [-0.2, -0.15) is 0 Å². The predicted molar refractivity (Wildman–Crippen MR) is 101 cm³/mol. The molecule has 0 saturated carbocycles. The molecule has 1 fully saturated rings. The third kappa shape index (κ3) is 5.28. The Hall–Kier alpha value is -1.93. The van der Waals surface area contributed by atoms with Crippen LogP contribution in [-0.4, -0.2) is 60.2 Å². The van der Waals surface area contributed by atoms with Crippen LogP contribution in [0.2, 0.25) is 10.0 Å². The predicted octanol–water partition coefficient (Wildman–Crippen LogP) is 2.59. The molecule has 26 heavy (non-hydrogen) atoms. The van der Waals surface area contributed by atoms with Crippen molar-refractivity contribution in [3.8, 4) is 0 Å². The molecule has 2 aromatic rings. The normalized spacial score (nSPS) is 14.8. The average Bonchev–Trinajstić information content (AvgIpc) is 2.65. The van der Waals surface area contributed by atoms with Crippen LogP contribution >= 0.6 is 23.2 Å². The number of amides is 1. The molecule has 0 radical (unpaired) electrons. The molecule has 1 aliphatic rings. The van der Waals surface area contributed by atoms with Crippen LogP contribution in [0.15, 0.2) is 30.5 Å². The van der Waals surface area contributed by atoms with Gasteiger partial charge in [-0.15, -0.1) is 0 Å². The summed E-state index contributed by atoms with van der Waals surface area (Å²) in [6.45, 7) is 4.59. The summed E-state index contributed by atoms with van der Waals surface area (Å²) in [5.74, 6) is 0.0426. The Morgan fingerprint density at radius 3 is 2.81 bits per heavy atom. The standard InChI is InChI=1S/C17H19Cl2N5O2/c18-12-1-2-14(13(19)11-12)22-17-21-4-3-15(23-17)16(25)20-5-6-24-7-9-26-10-8-24/h1-4,11H,5-10H2,(H,20,25)(H,21,22,23). The summed E-state index contributed by atoms with van der Waals surface area (Å²) in [6.07, 6.45) is 1.52. The summed E-state index contributed by atoms with van der Waals surface area (Å²) in [5.41, 5.74) is 0.899. The zero-order valence-electron chi connectivity index (χ0n) is 14.0. The van der Waals surface area contributed by atoms with Crippen LogP contribution in [0, 0.1) is 0 Å². The quantitative estimate of drug-likeness (QED) is 0.782. The second-order valence-electron chi connectivity index (χ2n) is 5.72. The first kappa shape index (κ1) is 18.8. The average molecular weight is 396 g/mol. The lowest BCUT2D eigenvalue weighted by Crippen LogP contribution is -2.41. The van der Waals surface area contributed by atoms with Crippen molar-refractivity contribution in [1.29, 1.82) is 0 Å². The van der Waals surface area contributed by atoms with Gasteiger partial charge in [0.1, 0.15) is 5.69 Å². The highest BCUT2D eigenvalue weighted by atomic mass is 35.5. The smallest absolute Gasteiger partial charge is 0.270 e. The van der Waals surface area contributed by atoms with E-state index < -0.39 is 0 Å². The fourth-order valence-corrected chi connectivity index (χ4v) is 2.96. The third-order valence-corrected chi connectivity index (χ3v) is 4.43. The molecule has 1 amide bonds. The highest BCUT2D eigenvalue weighted by Gasteiger charge is 2.12. The molecule has 1 aromatic heterocycles. The van der Waals surface area contributed by atoms with E-state index in [0.717, 1.165) is 32.8 Å². The monoisotopic (exact) mass is 395 g/mol. The second kappa shape index (κ2) is 9.14. The van der Waals surface area contributed by atoms with Gasteiger partial charge in [0.05, 0.1) is 23.9 Å². The Bertz CT molecular complexity index is 769. The topological polar surface area (TPSA) is 79.4 Å². The van der Waals surface area contributed by atoms with Crippen molar-refractivity contribution in [2.24, 2.45) is 0 Å². The molecule has 3 rings (SSSR count). The number of aromatic nitrogens is 2. The number of benzene rings is 1. The molecular weight excluding hydrogens is 377 g/mol. The van der Waals surface area contributed by atoms with Crippen LogP contribution in [0.4, 0.5) is 11.6 Å². The number of hydrogen-bond acceptors (Lipinski definition) is 6.